The second-order valence-corrected chi connectivity index (χ2v) is 6.79. The summed E-state index contributed by atoms with van der Waals surface area (Å²) < 4.78 is 5.47. The summed E-state index contributed by atoms with van der Waals surface area (Å²) in [5, 5.41) is 19.1. The minimum absolute atomic E-state index is 0.558. The van der Waals surface area contributed by atoms with Gasteiger partial charge in [-0.05, 0) is 24.9 Å². The van der Waals surface area contributed by atoms with Crippen LogP contribution in [-0.4, -0.2) is 59.8 Å². The number of carbonyl (C=O) groups is 2. The molecule has 7 nitrogen and oxygen atoms in total. The SMILES string of the molecule is COc1ccccc1CN(CC(C)C)[C@H]1CCNC1.O=C(O)C=CC(=O)O. The van der Waals surface area contributed by atoms with Crippen LogP contribution in [0.1, 0.15) is 25.8 Å². The molecule has 1 atom stereocenters. The van der Waals surface area contributed by atoms with E-state index in [2.05, 4.69) is 42.3 Å². The molecule has 0 bridgehead atoms. The lowest BCUT2D eigenvalue weighted by molar-refractivity contribution is -0.134. The zero-order valence-corrected chi connectivity index (χ0v) is 16.2. The molecule has 2 rings (SSSR count). The van der Waals surface area contributed by atoms with Crippen LogP contribution in [0.4, 0.5) is 0 Å². The maximum Gasteiger partial charge on any atom is 0.328 e. The van der Waals surface area contributed by atoms with Gasteiger partial charge < -0.3 is 20.3 Å². The average molecular weight is 378 g/mol. The normalized spacial score (nSPS) is 16.4. The molecular weight excluding hydrogens is 348 g/mol. The minimum Gasteiger partial charge on any atom is -0.496 e. The summed E-state index contributed by atoms with van der Waals surface area (Å²) in [4.78, 5) is 21.7. The van der Waals surface area contributed by atoms with Crippen LogP contribution < -0.4 is 10.1 Å². The molecule has 1 aliphatic rings. The van der Waals surface area contributed by atoms with Crippen molar-refractivity contribution in [2.45, 2.75) is 32.9 Å². The molecule has 0 amide bonds. The number of para-hydroxylation sites is 1. The minimum atomic E-state index is -1.26. The predicted molar refractivity (Wildman–Crippen MR) is 104 cm³/mol. The second kappa shape index (κ2) is 12.1. The highest BCUT2D eigenvalue weighted by Crippen LogP contribution is 2.22. The first kappa shape index (κ1) is 22.7. The topological polar surface area (TPSA) is 99.1 Å². The van der Waals surface area contributed by atoms with Crippen LogP contribution in [0.5, 0.6) is 5.75 Å². The summed E-state index contributed by atoms with van der Waals surface area (Å²) in [5.74, 6) is -0.822. The fraction of sp³-hybridized carbons (Fsp3) is 0.500. The molecule has 0 spiro atoms. The molecule has 3 N–H and O–H groups in total. The van der Waals surface area contributed by atoms with Crippen molar-refractivity contribution in [1.82, 2.24) is 10.2 Å². The van der Waals surface area contributed by atoms with Crippen LogP contribution in [-0.2, 0) is 16.1 Å². The smallest absolute Gasteiger partial charge is 0.328 e. The highest BCUT2D eigenvalue weighted by molar-refractivity contribution is 5.89. The van der Waals surface area contributed by atoms with E-state index in [0.29, 0.717) is 24.1 Å². The Morgan fingerprint density at radius 3 is 2.37 bits per heavy atom. The average Bonchev–Trinajstić information content (AvgIpc) is 3.14. The summed E-state index contributed by atoms with van der Waals surface area (Å²) in [7, 11) is 1.75. The van der Waals surface area contributed by atoms with E-state index < -0.39 is 11.9 Å². The van der Waals surface area contributed by atoms with Gasteiger partial charge in [0.2, 0.25) is 0 Å². The van der Waals surface area contributed by atoms with Crippen molar-refractivity contribution in [2.75, 3.05) is 26.7 Å². The molecule has 1 aliphatic heterocycles. The van der Waals surface area contributed by atoms with E-state index in [4.69, 9.17) is 14.9 Å². The lowest BCUT2D eigenvalue weighted by Gasteiger charge is -2.30. The fourth-order valence-corrected chi connectivity index (χ4v) is 2.96. The van der Waals surface area contributed by atoms with Gasteiger partial charge in [-0.3, -0.25) is 4.90 Å². The van der Waals surface area contributed by atoms with E-state index in [-0.39, 0.29) is 0 Å². The standard InChI is InChI=1S/C16H26N2O.C4H4O4/c1-13(2)11-18(15-8-9-17-10-15)12-14-6-4-5-7-16(14)19-3;5-3(6)1-2-4(7)8/h4-7,13,15,17H,8-12H2,1-3H3;1-2H,(H,5,6)(H,7,8)/t15-;/m0./s1. The molecule has 1 saturated heterocycles. The molecule has 1 fully saturated rings. The second-order valence-electron chi connectivity index (χ2n) is 6.79. The van der Waals surface area contributed by atoms with Crippen LogP contribution in [0, 0.1) is 5.92 Å². The predicted octanol–water partition coefficient (Wildman–Crippen LogP) is 2.23. The number of ether oxygens (including phenoxy) is 1. The molecule has 1 heterocycles. The van der Waals surface area contributed by atoms with Crippen molar-refractivity contribution in [2.24, 2.45) is 5.92 Å². The van der Waals surface area contributed by atoms with Gasteiger partial charge in [0.25, 0.3) is 0 Å². The van der Waals surface area contributed by atoms with E-state index in [1.807, 2.05) is 6.07 Å². The van der Waals surface area contributed by atoms with Gasteiger partial charge in [-0.1, -0.05) is 32.0 Å². The maximum absolute atomic E-state index is 9.55. The fourth-order valence-electron chi connectivity index (χ4n) is 2.96. The summed E-state index contributed by atoms with van der Waals surface area (Å²) in [6.07, 6.45) is 2.37. The van der Waals surface area contributed by atoms with Crippen molar-refractivity contribution in [3.63, 3.8) is 0 Å². The number of nitrogens with zero attached hydrogens (tertiary/aromatic N) is 1. The van der Waals surface area contributed by atoms with Gasteiger partial charge in [-0.2, -0.15) is 0 Å². The summed E-state index contributed by atoms with van der Waals surface area (Å²) >= 11 is 0. The van der Waals surface area contributed by atoms with E-state index in [9.17, 15) is 9.59 Å². The maximum atomic E-state index is 9.55. The Bertz CT molecular complexity index is 609. The van der Waals surface area contributed by atoms with Crippen molar-refractivity contribution in [1.29, 1.82) is 0 Å². The van der Waals surface area contributed by atoms with Gasteiger partial charge in [0.05, 0.1) is 7.11 Å². The molecule has 0 radical (unpaired) electrons. The molecule has 1 aromatic carbocycles. The molecule has 7 heteroatoms. The quantitative estimate of drug-likeness (QED) is 0.597. The van der Waals surface area contributed by atoms with E-state index >= 15 is 0 Å². The highest BCUT2D eigenvalue weighted by atomic mass is 16.5. The monoisotopic (exact) mass is 378 g/mol. The number of carboxylic acids is 2. The van der Waals surface area contributed by atoms with Crippen LogP contribution in [0.2, 0.25) is 0 Å². The number of nitrogens with one attached hydrogen (secondary N) is 1. The first-order chi connectivity index (χ1) is 12.8. The van der Waals surface area contributed by atoms with Gasteiger partial charge in [-0.25, -0.2) is 9.59 Å². The van der Waals surface area contributed by atoms with Crippen molar-refractivity contribution < 1.29 is 24.5 Å². The summed E-state index contributed by atoms with van der Waals surface area (Å²) in [6.45, 7) is 8.96. The van der Waals surface area contributed by atoms with Crippen molar-refractivity contribution >= 4 is 11.9 Å². The Hall–Kier alpha value is -2.38. The molecule has 0 unspecified atom stereocenters. The molecule has 150 valence electrons. The lowest BCUT2D eigenvalue weighted by Crippen LogP contribution is -2.38. The molecule has 27 heavy (non-hydrogen) atoms. The number of hydrogen-bond donors (Lipinski definition) is 3. The molecule has 0 aliphatic carbocycles. The third-order valence-electron chi connectivity index (χ3n) is 4.08. The Kier molecular flexibility index (Phi) is 10.1. The van der Waals surface area contributed by atoms with Gasteiger partial charge >= 0.3 is 11.9 Å². The zero-order valence-electron chi connectivity index (χ0n) is 16.2. The molecule has 0 saturated carbocycles. The Balaban J connectivity index is 0.000000387. The number of benzene rings is 1. The van der Waals surface area contributed by atoms with Crippen LogP contribution in [0.25, 0.3) is 0 Å². The van der Waals surface area contributed by atoms with Gasteiger partial charge in [0, 0.05) is 43.4 Å². The third-order valence-corrected chi connectivity index (χ3v) is 4.08. The van der Waals surface area contributed by atoms with Crippen LogP contribution in [0.15, 0.2) is 36.4 Å². The Morgan fingerprint density at radius 2 is 1.89 bits per heavy atom. The zero-order chi connectivity index (χ0) is 20.2. The first-order valence-corrected chi connectivity index (χ1v) is 9.04. The van der Waals surface area contributed by atoms with Crippen molar-refractivity contribution in [3.8, 4) is 5.75 Å². The lowest BCUT2D eigenvalue weighted by atomic mass is 10.1. The van der Waals surface area contributed by atoms with E-state index in [0.717, 1.165) is 31.9 Å². The third kappa shape index (κ3) is 9.21. The highest BCUT2D eigenvalue weighted by Gasteiger charge is 2.23. The van der Waals surface area contributed by atoms with Crippen LogP contribution >= 0.6 is 0 Å². The Morgan fingerprint density at radius 1 is 1.26 bits per heavy atom. The number of rotatable bonds is 8. The van der Waals surface area contributed by atoms with Crippen molar-refractivity contribution in [3.05, 3.63) is 42.0 Å². The van der Waals surface area contributed by atoms with Gasteiger partial charge in [0.15, 0.2) is 0 Å². The van der Waals surface area contributed by atoms with Gasteiger partial charge in [0.1, 0.15) is 5.75 Å². The number of carboxylic acid groups (broad SMARTS) is 2. The largest absolute Gasteiger partial charge is 0.496 e. The summed E-state index contributed by atoms with van der Waals surface area (Å²) in [6, 6.07) is 9.02. The van der Waals surface area contributed by atoms with E-state index in [1.165, 1.54) is 12.0 Å². The van der Waals surface area contributed by atoms with E-state index in [1.54, 1.807) is 7.11 Å². The molecule has 1 aromatic rings. The number of aliphatic carboxylic acids is 2. The van der Waals surface area contributed by atoms with Gasteiger partial charge in [-0.15, -0.1) is 0 Å². The summed E-state index contributed by atoms with van der Waals surface area (Å²) in [5.41, 5.74) is 1.29. The first-order valence-electron chi connectivity index (χ1n) is 9.04. The number of hydrogen-bond acceptors (Lipinski definition) is 5. The van der Waals surface area contributed by atoms with Crippen LogP contribution in [0.3, 0.4) is 0 Å². The molecule has 0 aromatic heterocycles. The molecular formula is C20H30N2O5. The number of methoxy groups -OCH3 is 1. The Labute approximate surface area is 160 Å².